The summed E-state index contributed by atoms with van der Waals surface area (Å²) in [6.45, 7) is 1.89. The number of benzene rings is 1. The third kappa shape index (κ3) is 4.50. The predicted molar refractivity (Wildman–Crippen MR) is 105 cm³/mol. The molecule has 0 radical (unpaired) electrons. The van der Waals surface area contributed by atoms with Crippen LogP contribution in [0.3, 0.4) is 0 Å². The lowest BCUT2D eigenvalue weighted by Gasteiger charge is -2.12. The summed E-state index contributed by atoms with van der Waals surface area (Å²) in [5.74, 6) is -0.0736. The van der Waals surface area contributed by atoms with Crippen LogP contribution in [0.15, 0.2) is 51.7 Å². The molecule has 0 fully saturated rings. The molecule has 4 N–H and O–H groups in total. The number of nitrogens with one attached hydrogen (secondary N) is 2. The van der Waals surface area contributed by atoms with Gasteiger partial charge in [-0.15, -0.1) is 11.3 Å². The summed E-state index contributed by atoms with van der Waals surface area (Å²) in [6, 6.07) is 11.0. The van der Waals surface area contributed by atoms with Crippen LogP contribution in [0, 0.1) is 0 Å². The molecule has 3 rings (SSSR count). The standard InChI is InChI=1S/C17H17N5O2S2/c1-2-12(26-17-20-13(18)8-14(23)21-17)15(24)22-16-19-11(9-25-16)10-6-4-3-5-7-10/h3-9,12H,2H2,1H3,(H,19,22,24)(H3,18,20,21,23)/t12-/m0/s1. The minimum Gasteiger partial charge on any atom is -0.383 e. The number of carbonyl (C=O) groups excluding carboxylic acids is 1. The topological polar surface area (TPSA) is 114 Å². The number of nitrogens with zero attached hydrogens (tertiary/aromatic N) is 2. The fraction of sp³-hybridized carbons (Fsp3) is 0.176. The van der Waals surface area contributed by atoms with Crippen molar-refractivity contribution in [2.24, 2.45) is 0 Å². The lowest BCUT2D eigenvalue weighted by molar-refractivity contribution is -0.115. The summed E-state index contributed by atoms with van der Waals surface area (Å²) in [4.78, 5) is 35.1. The number of nitrogen functional groups attached to an aromatic ring is 1. The fourth-order valence-electron chi connectivity index (χ4n) is 2.22. The number of thiazole rings is 1. The molecule has 0 bridgehead atoms. The second-order valence-electron chi connectivity index (χ2n) is 5.38. The van der Waals surface area contributed by atoms with Crippen LogP contribution < -0.4 is 16.6 Å². The minimum atomic E-state index is -0.427. The Kier molecular flexibility index (Phi) is 5.69. The SMILES string of the molecule is CC[C@H](Sc1nc(N)cc(=O)[nH]1)C(=O)Nc1nc(-c2ccccc2)cs1. The summed E-state index contributed by atoms with van der Waals surface area (Å²) in [5.41, 5.74) is 7.04. The molecule has 0 aliphatic heterocycles. The largest absolute Gasteiger partial charge is 0.383 e. The minimum absolute atomic E-state index is 0.124. The molecule has 7 nitrogen and oxygen atoms in total. The summed E-state index contributed by atoms with van der Waals surface area (Å²) >= 11 is 2.53. The van der Waals surface area contributed by atoms with Crippen molar-refractivity contribution >= 4 is 40.0 Å². The van der Waals surface area contributed by atoms with Gasteiger partial charge in [-0.1, -0.05) is 49.0 Å². The highest BCUT2D eigenvalue weighted by atomic mass is 32.2. The van der Waals surface area contributed by atoms with E-state index in [4.69, 9.17) is 5.73 Å². The number of anilines is 2. The van der Waals surface area contributed by atoms with Crippen molar-refractivity contribution in [3.05, 3.63) is 52.1 Å². The fourth-order valence-corrected chi connectivity index (χ4v) is 3.87. The molecule has 2 aromatic heterocycles. The lowest BCUT2D eigenvalue weighted by atomic mass is 10.2. The van der Waals surface area contributed by atoms with Crippen molar-refractivity contribution in [3.63, 3.8) is 0 Å². The van der Waals surface area contributed by atoms with E-state index >= 15 is 0 Å². The summed E-state index contributed by atoms with van der Waals surface area (Å²) in [6.07, 6.45) is 0.561. The molecular formula is C17H17N5O2S2. The second-order valence-corrected chi connectivity index (χ2v) is 7.43. The monoisotopic (exact) mass is 387 g/mol. The van der Waals surface area contributed by atoms with E-state index in [1.54, 1.807) is 0 Å². The van der Waals surface area contributed by atoms with E-state index in [-0.39, 0.29) is 17.3 Å². The lowest BCUT2D eigenvalue weighted by Crippen LogP contribution is -2.25. The molecule has 0 saturated heterocycles. The third-order valence-electron chi connectivity index (χ3n) is 3.46. The number of nitrogens with two attached hydrogens (primary N) is 1. The first kappa shape index (κ1) is 18.2. The molecule has 0 saturated carbocycles. The molecule has 26 heavy (non-hydrogen) atoms. The Morgan fingerprint density at radius 3 is 2.81 bits per heavy atom. The normalized spacial score (nSPS) is 11.9. The van der Waals surface area contributed by atoms with E-state index in [9.17, 15) is 9.59 Å². The first-order valence-corrected chi connectivity index (χ1v) is 9.66. The number of aromatic nitrogens is 3. The van der Waals surface area contributed by atoms with E-state index in [1.807, 2.05) is 42.6 Å². The van der Waals surface area contributed by atoms with Gasteiger partial charge in [0.05, 0.1) is 10.9 Å². The van der Waals surface area contributed by atoms with Gasteiger partial charge in [0.1, 0.15) is 5.82 Å². The van der Waals surface area contributed by atoms with Crippen LogP contribution in [0.5, 0.6) is 0 Å². The molecule has 2 heterocycles. The van der Waals surface area contributed by atoms with E-state index in [1.165, 1.54) is 29.2 Å². The van der Waals surface area contributed by atoms with Crippen LogP contribution in [0.4, 0.5) is 10.9 Å². The maximum absolute atomic E-state index is 12.5. The molecule has 9 heteroatoms. The molecule has 0 aliphatic carbocycles. The van der Waals surface area contributed by atoms with Crippen molar-refractivity contribution in [3.8, 4) is 11.3 Å². The Labute approximate surface area is 158 Å². The van der Waals surface area contributed by atoms with Gasteiger partial charge in [-0.3, -0.25) is 9.59 Å². The molecule has 0 spiro atoms. The highest BCUT2D eigenvalue weighted by molar-refractivity contribution is 8.00. The number of hydrogen-bond donors (Lipinski definition) is 3. The van der Waals surface area contributed by atoms with Crippen LogP contribution in [0.2, 0.25) is 0 Å². The van der Waals surface area contributed by atoms with Gasteiger partial charge < -0.3 is 16.0 Å². The van der Waals surface area contributed by atoms with Gasteiger partial charge in [-0.05, 0) is 6.42 Å². The quantitative estimate of drug-likeness (QED) is 0.443. The number of thioether (sulfide) groups is 1. The maximum atomic E-state index is 12.5. The Hall–Kier alpha value is -2.65. The Balaban J connectivity index is 1.69. The number of amides is 1. The van der Waals surface area contributed by atoms with Crippen molar-refractivity contribution < 1.29 is 4.79 Å². The number of aromatic amines is 1. The molecule has 1 aromatic carbocycles. The number of carbonyl (C=O) groups is 1. The first-order chi connectivity index (χ1) is 12.5. The zero-order chi connectivity index (χ0) is 18.5. The zero-order valence-electron chi connectivity index (χ0n) is 13.9. The van der Waals surface area contributed by atoms with Crippen LogP contribution in [0.25, 0.3) is 11.3 Å². The van der Waals surface area contributed by atoms with Gasteiger partial charge in [0.15, 0.2) is 10.3 Å². The van der Waals surface area contributed by atoms with Crippen molar-refractivity contribution in [2.75, 3.05) is 11.1 Å². The van der Waals surface area contributed by atoms with Gasteiger partial charge in [0.2, 0.25) is 5.91 Å². The Bertz CT molecular complexity index is 955. The number of rotatable bonds is 6. The number of H-pyrrole nitrogens is 1. The van der Waals surface area contributed by atoms with E-state index in [0.29, 0.717) is 16.7 Å². The Morgan fingerprint density at radius 2 is 2.12 bits per heavy atom. The molecule has 3 aromatic rings. The van der Waals surface area contributed by atoms with Gasteiger partial charge >= 0.3 is 0 Å². The molecular weight excluding hydrogens is 370 g/mol. The number of hydrogen-bond acceptors (Lipinski definition) is 7. The van der Waals surface area contributed by atoms with Crippen LogP contribution in [0.1, 0.15) is 13.3 Å². The third-order valence-corrected chi connectivity index (χ3v) is 5.47. The van der Waals surface area contributed by atoms with Crippen LogP contribution in [-0.2, 0) is 4.79 Å². The van der Waals surface area contributed by atoms with Crippen molar-refractivity contribution in [1.29, 1.82) is 0 Å². The van der Waals surface area contributed by atoms with Gasteiger partial charge in [-0.25, -0.2) is 9.97 Å². The van der Waals surface area contributed by atoms with Crippen molar-refractivity contribution in [1.82, 2.24) is 15.0 Å². The Morgan fingerprint density at radius 1 is 1.35 bits per heavy atom. The van der Waals surface area contributed by atoms with Crippen LogP contribution in [-0.4, -0.2) is 26.1 Å². The second kappa shape index (κ2) is 8.15. The van der Waals surface area contributed by atoms with E-state index in [2.05, 4.69) is 20.3 Å². The predicted octanol–water partition coefficient (Wildman–Crippen LogP) is 2.99. The van der Waals surface area contributed by atoms with Gasteiger partial charge in [-0.2, -0.15) is 0 Å². The van der Waals surface area contributed by atoms with E-state index < -0.39 is 5.25 Å². The molecule has 0 aliphatic rings. The van der Waals surface area contributed by atoms with E-state index in [0.717, 1.165) is 11.3 Å². The highest BCUT2D eigenvalue weighted by Crippen LogP contribution is 2.27. The van der Waals surface area contributed by atoms with Crippen molar-refractivity contribution in [2.45, 2.75) is 23.8 Å². The summed E-state index contributed by atoms with van der Waals surface area (Å²) in [7, 11) is 0. The average Bonchev–Trinajstić information content (AvgIpc) is 3.08. The van der Waals surface area contributed by atoms with Gasteiger partial charge in [0, 0.05) is 17.0 Å². The summed E-state index contributed by atoms with van der Waals surface area (Å²) < 4.78 is 0. The highest BCUT2D eigenvalue weighted by Gasteiger charge is 2.20. The smallest absolute Gasteiger partial charge is 0.253 e. The zero-order valence-corrected chi connectivity index (χ0v) is 15.6. The maximum Gasteiger partial charge on any atom is 0.253 e. The molecule has 134 valence electrons. The van der Waals surface area contributed by atoms with Crippen LogP contribution >= 0.6 is 23.1 Å². The summed E-state index contributed by atoms with van der Waals surface area (Å²) in [5, 5.41) is 5.15. The molecule has 1 amide bonds. The first-order valence-electron chi connectivity index (χ1n) is 7.90. The van der Waals surface area contributed by atoms with Gasteiger partial charge in [0.25, 0.3) is 5.56 Å². The molecule has 1 atom stereocenters. The molecule has 0 unspecified atom stereocenters. The average molecular weight is 387 g/mol.